The lowest BCUT2D eigenvalue weighted by molar-refractivity contribution is 0.0907. The molecule has 0 radical (unpaired) electrons. The first-order valence-corrected chi connectivity index (χ1v) is 10.2. The lowest BCUT2D eigenvalue weighted by Gasteiger charge is -2.17. The SMILES string of the molecule is Cc1ccc(CNC(=O)c2nc(CCN(C)C(=O)Nc3ccc(Br)cc3F)no2)cc1. The van der Waals surface area contributed by atoms with E-state index in [4.69, 9.17) is 4.52 Å². The second-order valence-electron chi connectivity index (χ2n) is 6.91. The maximum Gasteiger partial charge on any atom is 0.321 e. The van der Waals surface area contributed by atoms with E-state index in [0.29, 0.717) is 11.0 Å². The Bertz CT molecular complexity index is 1070. The topological polar surface area (TPSA) is 100 Å². The summed E-state index contributed by atoms with van der Waals surface area (Å²) in [5.41, 5.74) is 2.16. The minimum atomic E-state index is -0.546. The van der Waals surface area contributed by atoms with E-state index < -0.39 is 17.8 Å². The first-order valence-electron chi connectivity index (χ1n) is 9.45. The first-order chi connectivity index (χ1) is 14.8. The number of nitrogens with one attached hydrogen (secondary N) is 2. The predicted octanol–water partition coefficient (Wildman–Crippen LogP) is 3.92. The normalized spacial score (nSPS) is 10.6. The lowest BCUT2D eigenvalue weighted by atomic mass is 10.1. The van der Waals surface area contributed by atoms with E-state index in [-0.39, 0.29) is 30.4 Å². The number of amides is 3. The molecule has 0 saturated carbocycles. The third-order valence-electron chi connectivity index (χ3n) is 4.43. The fourth-order valence-corrected chi connectivity index (χ4v) is 2.92. The molecular formula is C21H21BrFN5O3. The Kier molecular flexibility index (Phi) is 7.35. The van der Waals surface area contributed by atoms with Crippen LogP contribution in [-0.2, 0) is 13.0 Å². The number of halogens is 2. The second kappa shape index (κ2) is 10.2. The Balaban J connectivity index is 1.48. The van der Waals surface area contributed by atoms with Crippen LogP contribution in [0.1, 0.15) is 27.6 Å². The highest BCUT2D eigenvalue weighted by atomic mass is 79.9. The van der Waals surface area contributed by atoms with Crippen LogP contribution in [0.2, 0.25) is 0 Å². The number of aryl methyl sites for hydroxylation is 1. The van der Waals surface area contributed by atoms with Crippen LogP contribution in [0.4, 0.5) is 14.9 Å². The van der Waals surface area contributed by atoms with Crippen LogP contribution < -0.4 is 10.6 Å². The van der Waals surface area contributed by atoms with E-state index in [1.807, 2.05) is 31.2 Å². The Morgan fingerprint density at radius 2 is 1.94 bits per heavy atom. The summed E-state index contributed by atoms with van der Waals surface area (Å²) in [6, 6.07) is 11.6. The van der Waals surface area contributed by atoms with Crippen molar-refractivity contribution in [3.05, 3.63) is 75.6 Å². The van der Waals surface area contributed by atoms with Gasteiger partial charge >= 0.3 is 17.8 Å². The number of benzene rings is 2. The molecule has 0 bridgehead atoms. The maximum absolute atomic E-state index is 13.9. The van der Waals surface area contributed by atoms with Crippen molar-refractivity contribution in [2.24, 2.45) is 0 Å². The van der Waals surface area contributed by atoms with Crippen molar-refractivity contribution in [2.75, 3.05) is 18.9 Å². The van der Waals surface area contributed by atoms with Gasteiger partial charge in [0.1, 0.15) is 5.82 Å². The minimum absolute atomic E-state index is 0.0761. The molecule has 3 amide bonds. The average Bonchev–Trinajstić information content (AvgIpc) is 3.22. The Labute approximate surface area is 187 Å². The Morgan fingerprint density at radius 1 is 1.19 bits per heavy atom. The molecule has 10 heteroatoms. The van der Waals surface area contributed by atoms with Crippen molar-refractivity contribution in [1.82, 2.24) is 20.4 Å². The second-order valence-corrected chi connectivity index (χ2v) is 7.83. The van der Waals surface area contributed by atoms with Gasteiger partial charge in [0.25, 0.3) is 0 Å². The zero-order chi connectivity index (χ0) is 22.4. The number of carbonyl (C=O) groups is 2. The Hall–Kier alpha value is -3.27. The summed E-state index contributed by atoms with van der Waals surface area (Å²) in [4.78, 5) is 29.8. The van der Waals surface area contributed by atoms with E-state index in [0.717, 1.165) is 11.1 Å². The smallest absolute Gasteiger partial charge is 0.321 e. The zero-order valence-corrected chi connectivity index (χ0v) is 18.6. The molecule has 0 fully saturated rings. The molecule has 0 aliphatic carbocycles. The summed E-state index contributed by atoms with van der Waals surface area (Å²) in [7, 11) is 1.56. The highest BCUT2D eigenvalue weighted by Gasteiger charge is 2.17. The molecule has 162 valence electrons. The summed E-state index contributed by atoms with van der Waals surface area (Å²) in [5.74, 6) is -0.882. The minimum Gasteiger partial charge on any atom is -0.344 e. The third kappa shape index (κ3) is 6.35. The van der Waals surface area contributed by atoms with Crippen molar-refractivity contribution in [3.63, 3.8) is 0 Å². The molecule has 3 rings (SSSR count). The summed E-state index contributed by atoms with van der Waals surface area (Å²) >= 11 is 3.16. The molecular weight excluding hydrogens is 469 g/mol. The molecule has 0 atom stereocenters. The van der Waals surface area contributed by atoms with Gasteiger partial charge in [-0.05, 0) is 30.7 Å². The number of carbonyl (C=O) groups excluding carboxylic acids is 2. The molecule has 3 aromatic rings. The van der Waals surface area contributed by atoms with Crippen LogP contribution in [0.5, 0.6) is 0 Å². The quantitative estimate of drug-likeness (QED) is 0.523. The van der Waals surface area contributed by atoms with Crippen LogP contribution in [0.15, 0.2) is 51.5 Å². The molecule has 8 nitrogen and oxygen atoms in total. The predicted molar refractivity (Wildman–Crippen MR) is 116 cm³/mol. The van der Waals surface area contributed by atoms with Crippen molar-refractivity contribution in [2.45, 2.75) is 19.9 Å². The van der Waals surface area contributed by atoms with E-state index in [2.05, 4.69) is 36.7 Å². The number of hydrogen-bond donors (Lipinski definition) is 2. The number of nitrogens with zero attached hydrogens (tertiary/aromatic N) is 3. The molecule has 2 aromatic carbocycles. The van der Waals surface area contributed by atoms with Gasteiger partial charge in [-0.25, -0.2) is 9.18 Å². The summed E-state index contributed by atoms with van der Waals surface area (Å²) in [5, 5.41) is 8.99. The molecule has 1 aromatic heterocycles. The summed E-state index contributed by atoms with van der Waals surface area (Å²) < 4.78 is 19.4. The highest BCUT2D eigenvalue weighted by Crippen LogP contribution is 2.19. The van der Waals surface area contributed by atoms with Crippen molar-refractivity contribution >= 4 is 33.6 Å². The molecule has 0 aliphatic rings. The number of rotatable bonds is 7. The van der Waals surface area contributed by atoms with E-state index in [9.17, 15) is 14.0 Å². The number of aromatic nitrogens is 2. The average molecular weight is 490 g/mol. The highest BCUT2D eigenvalue weighted by molar-refractivity contribution is 9.10. The van der Waals surface area contributed by atoms with E-state index >= 15 is 0 Å². The number of hydrogen-bond acceptors (Lipinski definition) is 5. The molecule has 0 unspecified atom stereocenters. The van der Waals surface area contributed by atoms with Crippen LogP contribution in [-0.4, -0.2) is 40.6 Å². The monoisotopic (exact) mass is 489 g/mol. The van der Waals surface area contributed by atoms with Gasteiger partial charge in [0.15, 0.2) is 5.82 Å². The van der Waals surface area contributed by atoms with Gasteiger partial charge in [0, 0.05) is 31.0 Å². The lowest BCUT2D eigenvalue weighted by Crippen LogP contribution is -2.33. The molecule has 2 N–H and O–H groups in total. The van der Waals surface area contributed by atoms with Gasteiger partial charge in [0.05, 0.1) is 5.69 Å². The van der Waals surface area contributed by atoms with Crippen LogP contribution in [0.3, 0.4) is 0 Å². The summed E-state index contributed by atoms with van der Waals surface area (Å²) in [6.45, 7) is 2.57. The van der Waals surface area contributed by atoms with Gasteiger partial charge in [-0.2, -0.15) is 4.98 Å². The van der Waals surface area contributed by atoms with Gasteiger partial charge in [0.2, 0.25) is 0 Å². The standard InChI is InChI=1S/C21H21BrFN5O3/c1-13-3-5-14(6-4-13)12-24-19(29)20-26-18(27-31-20)9-10-28(2)21(30)25-17-8-7-15(22)11-16(17)23/h3-8,11H,9-10,12H2,1-2H3,(H,24,29)(H,25,30). The summed E-state index contributed by atoms with van der Waals surface area (Å²) in [6.07, 6.45) is 0.265. The van der Waals surface area contributed by atoms with Crippen LogP contribution >= 0.6 is 15.9 Å². The number of anilines is 1. The van der Waals surface area contributed by atoms with Crippen LogP contribution in [0, 0.1) is 12.7 Å². The molecule has 0 saturated heterocycles. The molecule has 0 aliphatic heterocycles. The fourth-order valence-electron chi connectivity index (χ4n) is 2.58. The third-order valence-corrected chi connectivity index (χ3v) is 4.92. The van der Waals surface area contributed by atoms with E-state index in [1.165, 1.54) is 17.0 Å². The maximum atomic E-state index is 13.9. The first kappa shape index (κ1) is 22.4. The Morgan fingerprint density at radius 3 is 2.65 bits per heavy atom. The van der Waals surface area contributed by atoms with Crippen molar-refractivity contribution < 1.29 is 18.5 Å². The van der Waals surface area contributed by atoms with Gasteiger partial charge in [-0.15, -0.1) is 0 Å². The molecule has 1 heterocycles. The van der Waals surface area contributed by atoms with Crippen molar-refractivity contribution in [3.8, 4) is 0 Å². The molecule has 31 heavy (non-hydrogen) atoms. The zero-order valence-electron chi connectivity index (χ0n) is 17.0. The van der Waals surface area contributed by atoms with E-state index in [1.54, 1.807) is 13.1 Å². The van der Waals surface area contributed by atoms with Gasteiger partial charge in [-0.3, -0.25) is 4.79 Å². The largest absolute Gasteiger partial charge is 0.344 e. The number of urea groups is 1. The number of likely N-dealkylation sites (N-methyl/N-ethyl adjacent to an activating group) is 1. The van der Waals surface area contributed by atoms with Gasteiger partial charge < -0.3 is 20.1 Å². The van der Waals surface area contributed by atoms with Crippen molar-refractivity contribution in [1.29, 1.82) is 0 Å². The fraction of sp³-hybridized carbons (Fsp3) is 0.238. The van der Waals surface area contributed by atoms with Gasteiger partial charge in [-0.1, -0.05) is 50.9 Å². The van der Waals surface area contributed by atoms with Crippen LogP contribution in [0.25, 0.3) is 0 Å². The molecule has 0 spiro atoms.